The van der Waals surface area contributed by atoms with Gasteiger partial charge in [0.2, 0.25) is 5.91 Å². The third-order valence-corrected chi connectivity index (χ3v) is 5.11. The molecular formula is C19H28N4O2. The zero-order valence-electron chi connectivity index (χ0n) is 15.2. The van der Waals surface area contributed by atoms with Crippen LogP contribution in [0.1, 0.15) is 31.7 Å². The topological polar surface area (TPSA) is 64.7 Å². The first-order valence-corrected chi connectivity index (χ1v) is 9.26. The Kier molecular flexibility index (Phi) is 5.46. The van der Waals surface area contributed by atoms with Crippen molar-refractivity contribution in [3.63, 3.8) is 0 Å². The second-order valence-electron chi connectivity index (χ2n) is 6.98. The molecule has 0 bridgehead atoms. The minimum Gasteiger partial charge on any atom is -0.374 e. The summed E-state index contributed by atoms with van der Waals surface area (Å²) in [5, 5.41) is 5.87. The highest BCUT2D eigenvalue weighted by Gasteiger charge is 2.28. The van der Waals surface area contributed by atoms with Gasteiger partial charge >= 0.3 is 6.03 Å². The zero-order chi connectivity index (χ0) is 17.8. The molecule has 1 aromatic rings. The number of carbonyl (C=O) groups excluding carboxylic acids is 2. The molecule has 0 saturated carbocycles. The second-order valence-corrected chi connectivity index (χ2v) is 6.98. The van der Waals surface area contributed by atoms with Crippen LogP contribution < -0.4 is 15.5 Å². The lowest BCUT2D eigenvalue weighted by Crippen LogP contribution is -2.46. The summed E-state index contributed by atoms with van der Waals surface area (Å²) < 4.78 is 0. The van der Waals surface area contributed by atoms with Crippen LogP contribution in [-0.2, 0) is 11.2 Å². The fourth-order valence-electron chi connectivity index (χ4n) is 3.76. The van der Waals surface area contributed by atoms with E-state index in [0.29, 0.717) is 19.6 Å². The third kappa shape index (κ3) is 4.06. The molecule has 25 heavy (non-hydrogen) atoms. The van der Waals surface area contributed by atoms with Crippen LogP contribution in [0, 0.1) is 5.92 Å². The number of amides is 3. The molecular weight excluding hydrogens is 316 g/mol. The molecule has 1 atom stereocenters. The van der Waals surface area contributed by atoms with E-state index >= 15 is 0 Å². The Bertz CT molecular complexity index is 646. The number of hydrogen-bond acceptors (Lipinski definition) is 3. The normalized spacial score (nSPS) is 20.0. The van der Waals surface area contributed by atoms with Crippen LogP contribution in [0.25, 0.3) is 0 Å². The van der Waals surface area contributed by atoms with Crippen molar-refractivity contribution in [3.05, 3.63) is 23.8 Å². The zero-order valence-corrected chi connectivity index (χ0v) is 15.2. The molecule has 6 heteroatoms. The van der Waals surface area contributed by atoms with Gasteiger partial charge in [-0.05, 0) is 56.4 Å². The van der Waals surface area contributed by atoms with Crippen molar-refractivity contribution in [2.45, 2.75) is 32.6 Å². The number of benzene rings is 1. The monoisotopic (exact) mass is 344 g/mol. The Morgan fingerprint density at radius 3 is 2.88 bits per heavy atom. The number of rotatable bonds is 3. The molecule has 2 aliphatic heterocycles. The Labute approximate surface area is 149 Å². The first-order chi connectivity index (χ1) is 12.1. The standard InChI is InChI=1S/C19H28N4O2/c1-3-20-18(24)15-7-5-11-23(13-15)19(25)21-16-8-9-17-14(12-16)6-4-10-22(17)2/h8-9,12,15H,3-7,10-11,13H2,1-2H3,(H,20,24)(H,21,25)/t15-/m1/s1. The maximum Gasteiger partial charge on any atom is 0.321 e. The largest absolute Gasteiger partial charge is 0.374 e. The molecule has 0 spiro atoms. The van der Waals surface area contributed by atoms with Crippen molar-refractivity contribution in [1.29, 1.82) is 0 Å². The van der Waals surface area contributed by atoms with Crippen molar-refractivity contribution in [3.8, 4) is 0 Å². The molecule has 2 N–H and O–H groups in total. The van der Waals surface area contributed by atoms with E-state index < -0.39 is 0 Å². The van der Waals surface area contributed by atoms with Gasteiger partial charge in [0.05, 0.1) is 5.92 Å². The predicted molar refractivity (Wildman–Crippen MR) is 100 cm³/mol. The van der Waals surface area contributed by atoms with Gasteiger partial charge in [-0.1, -0.05) is 0 Å². The molecule has 1 fully saturated rings. The molecule has 0 unspecified atom stereocenters. The lowest BCUT2D eigenvalue weighted by atomic mass is 9.97. The Morgan fingerprint density at radius 1 is 1.24 bits per heavy atom. The Morgan fingerprint density at radius 2 is 2.08 bits per heavy atom. The number of aryl methyl sites for hydroxylation is 1. The molecule has 0 aliphatic carbocycles. The highest BCUT2D eigenvalue weighted by molar-refractivity contribution is 5.90. The molecule has 0 radical (unpaired) electrons. The minimum atomic E-state index is -0.113. The summed E-state index contributed by atoms with van der Waals surface area (Å²) >= 11 is 0. The summed E-state index contributed by atoms with van der Waals surface area (Å²) in [6.07, 6.45) is 3.90. The number of nitrogens with zero attached hydrogens (tertiary/aromatic N) is 2. The summed E-state index contributed by atoms with van der Waals surface area (Å²) in [5.41, 5.74) is 3.36. The number of piperidine rings is 1. The Balaban J connectivity index is 1.63. The summed E-state index contributed by atoms with van der Waals surface area (Å²) in [6, 6.07) is 6.01. The number of hydrogen-bond donors (Lipinski definition) is 2. The molecule has 6 nitrogen and oxygen atoms in total. The molecule has 1 saturated heterocycles. The van der Waals surface area contributed by atoms with Crippen molar-refractivity contribution in [2.24, 2.45) is 5.92 Å². The van der Waals surface area contributed by atoms with E-state index in [1.54, 1.807) is 4.90 Å². The Hall–Kier alpha value is -2.24. The number of fused-ring (bicyclic) bond motifs is 1. The van der Waals surface area contributed by atoms with Gasteiger partial charge in [0.25, 0.3) is 0 Å². The van der Waals surface area contributed by atoms with Gasteiger partial charge in [0.1, 0.15) is 0 Å². The van der Waals surface area contributed by atoms with Gasteiger partial charge in [-0.25, -0.2) is 4.79 Å². The molecule has 136 valence electrons. The third-order valence-electron chi connectivity index (χ3n) is 5.11. The molecule has 1 aromatic carbocycles. The van der Waals surface area contributed by atoms with Crippen LogP contribution >= 0.6 is 0 Å². The minimum absolute atomic E-state index is 0.0526. The van der Waals surface area contributed by atoms with E-state index in [4.69, 9.17) is 0 Å². The van der Waals surface area contributed by atoms with E-state index in [9.17, 15) is 9.59 Å². The maximum absolute atomic E-state index is 12.6. The van der Waals surface area contributed by atoms with E-state index in [1.807, 2.05) is 13.0 Å². The SMILES string of the molecule is CCNC(=O)[C@@H]1CCCN(C(=O)Nc2ccc3c(c2)CCCN3C)C1. The number of urea groups is 1. The van der Waals surface area contributed by atoms with Gasteiger partial charge in [-0.3, -0.25) is 4.79 Å². The fourth-order valence-corrected chi connectivity index (χ4v) is 3.76. The highest BCUT2D eigenvalue weighted by atomic mass is 16.2. The quantitative estimate of drug-likeness (QED) is 0.885. The smallest absolute Gasteiger partial charge is 0.321 e. The summed E-state index contributed by atoms with van der Waals surface area (Å²) in [5.74, 6) is -0.0477. The van der Waals surface area contributed by atoms with Gasteiger partial charge < -0.3 is 20.4 Å². The van der Waals surface area contributed by atoms with E-state index in [0.717, 1.165) is 37.9 Å². The molecule has 2 heterocycles. The second kappa shape index (κ2) is 7.76. The van der Waals surface area contributed by atoms with Crippen molar-refractivity contribution in [2.75, 3.05) is 43.4 Å². The van der Waals surface area contributed by atoms with Crippen molar-refractivity contribution in [1.82, 2.24) is 10.2 Å². The highest BCUT2D eigenvalue weighted by Crippen LogP contribution is 2.28. The van der Waals surface area contributed by atoms with Crippen LogP contribution in [0.3, 0.4) is 0 Å². The lowest BCUT2D eigenvalue weighted by Gasteiger charge is -2.32. The maximum atomic E-state index is 12.6. The summed E-state index contributed by atoms with van der Waals surface area (Å²) in [6.45, 7) is 4.82. The lowest BCUT2D eigenvalue weighted by molar-refractivity contribution is -0.126. The van der Waals surface area contributed by atoms with E-state index in [1.165, 1.54) is 11.3 Å². The van der Waals surface area contributed by atoms with Crippen LogP contribution in [0.2, 0.25) is 0 Å². The van der Waals surface area contributed by atoms with Crippen LogP contribution in [0.4, 0.5) is 16.2 Å². The van der Waals surface area contributed by atoms with Crippen molar-refractivity contribution < 1.29 is 9.59 Å². The number of likely N-dealkylation sites (tertiary alicyclic amines) is 1. The average molecular weight is 344 g/mol. The average Bonchev–Trinajstić information content (AvgIpc) is 2.62. The molecule has 2 aliphatic rings. The van der Waals surface area contributed by atoms with Crippen LogP contribution in [0.5, 0.6) is 0 Å². The van der Waals surface area contributed by atoms with Crippen LogP contribution in [0.15, 0.2) is 18.2 Å². The number of carbonyl (C=O) groups is 2. The molecule has 3 amide bonds. The predicted octanol–water partition coefficient (Wildman–Crippen LogP) is 2.45. The first kappa shape index (κ1) is 17.6. The summed E-state index contributed by atoms with van der Waals surface area (Å²) in [7, 11) is 2.10. The number of nitrogens with one attached hydrogen (secondary N) is 2. The van der Waals surface area contributed by atoms with E-state index in [-0.39, 0.29) is 17.9 Å². The van der Waals surface area contributed by atoms with Gasteiger partial charge in [0, 0.05) is 44.6 Å². The molecule has 0 aromatic heterocycles. The first-order valence-electron chi connectivity index (χ1n) is 9.26. The van der Waals surface area contributed by atoms with E-state index in [2.05, 4.69) is 34.7 Å². The molecule has 3 rings (SSSR count). The van der Waals surface area contributed by atoms with Gasteiger partial charge in [-0.15, -0.1) is 0 Å². The van der Waals surface area contributed by atoms with Gasteiger partial charge in [0.15, 0.2) is 0 Å². The summed E-state index contributed by atoms with van der Waals surface area (Å²) in [4.78, 5) is 28.7. The van der Waals surface area contributed by atoms with Crippen LogP contribution in [-0.4, -0.2) is 50.1 Å². The fraction of sp³-hybridized carbons (Fsp3) is 0.579. The van der Waals surface area contributed by atoms with Crippen molar-refractivity contribution >= 4 is 23.3 Å². The van der Waals surface area contributed by atoms with Gasteiger partial charge in [-0.2, -0.15) is 0 Å². The number of anilines is 2.